The number of nitrogens with zero attached hydrogens (tertiary/aromatic N) is 4. The molecule has 0 radical (unpaired) electrons. The van der Waals surface area contributed by atoms with Crippen molar-refractivity contribution in [3.8, 4) is 10.4 Å². The summed E-state index contributed by atoms with van der Waals surface area (Å²) in [5.41, 5.74) is 1.04. The molecule has 1 aromatic carbocycles. The van der Waals surface area contributed by atoms with Gasteiger partial charge in [-0.15, -0.1) is 11.3 Å². The lowest BCUT2D eigenvalue weighted by molar-refractivity contribution is 0.374. The molecule has 3 aromatic heterocycles. The molecule has 0 saturated heterocycles. The van der Waals surface area contributed by atoms with Gasteiger partial charge in [0.1, 0.15) is 4.83 Å². The monoisotopic (exact) mass is 412 g/mol. The molecule has 4 rings (SSSR count). The van der Waals surface area contributed by atoms with E-state index in [1.54, 1.807) is 11.6 Å². The molecule has 0 saturated carbocycles. The van der Waals surface area contributed by atoms with Crippen LogP contribution in [0.1, 0.15) is 37.2 Å². The Morgan fingerprint density at radius 2 is 2.04 bits per heavy atom. The van der Waals surface area contributed by atoms with Crippen LogP contribution in [0.4, 0.5) is 0 Å². The van der Waals surface area contributed by atoms with Crippen LogP contribution in [0.25, 0.3) is 20.7 Å². The van der Waals surface area contributed by atoms with Gasteiger partial charge in [0.05, 0.1) is 10.6 Å². The lowest BCUT2D eigenvalue weighted by atomic mass is 10.2. The van der Waals surface area contributed by atoms with Crippen molar-refractivity contribution in [1.82, 2.24) is 19.7 Å². The molecule has 4 aromatic rings. The van der Waals surface area contributed by atoms with Crippen molar-refractivity contribution in [2.45, 2.75) is 37.1 Å². The Morgan fingerprint density at radius 3 is 2.79 bits per heavy atom. The number of aromatic nitrogens is 4. The number of rotatable bonds is 6. The van der Waals surface area contributed by atoms with Crippen LogP contribution < -0.4 is 5.56 Å². The number of hydrogen-bond donors (Lipinski definition) is 0. The highest BCUT2D eigenvalue weighted by atomic mass is 32.2. The lowest BCUT2D eigenvalue weighted by Gasteiger charge is -2.09. The number of aryl methyl sites for hydroxylation is 1. The standard InChI is InChI=1S/C20H20N4O2S2/c1-4-8-16-21-17(26-23-16)12(2)27-20-22-18-14(19(25)24(20)3)11-15(28-18)13-9-6-5-7-10-13/h5-7,9-12H,4,8H2,1-3H3. The van der Waals surface area contributed by atoms with Crippen molar-refractivity contribution in [3.05, 3.63) is 58.5 Å². The van der Waals surface area contributed by atoms with Crippen LogP contribution in [0.3, 0.4) is 0 Å². The molecule has 0 bridgehead atoms. The van der Waals surface area contributed by atoms with Gasteiger partial charge in [-0.2, -0.15) is 4.98 Å². The average molecular weight is 413 g/mol. The molecule has 3 heterocycles. The molecule has 0 aliphatic rings. The van der Waals surface area contributed by atoms with Gasteiger partial charge in [0.2, 0.25) is 5.89 Å². The first kappa shape index (κ1) is 18.9. The van der Waals surface area contributed by atoms with Crippen LogP contribution in [0.5, 0.6) is 0 Å². The third-order valence-corrected chi connectivity index (χ3v) is 6.59. The van der Waals surface area contributed by atoms with Crippen LogP contribution in [-0.4, -0.2) is 19.7 Å². The van der Waals surface area contributed by atoms with Gasteiger partial charge in [-0.25, -0.2) is 4.98 Å². The minimum absolute atomic E-state index is 0.0460. The summed E-state index contributed by atoms with van der Waals surface area (Å²) in [6.07, 6.45) is 1.76. The van der Waals surface area contributed by atoms with Crippen LogP contribution in [0.2, 0.25) is 0 Å². The van der Waals surface area contributed by atoms with Gasteiger partial charge in [-0.1, -0.05) is 54.2 Å². The third-order valence-electron chi connectivity index (χ3n) is 4.38. The summed E-state index contributed by atoms with van der Waals surface area (Å²) in [4.78, 5) is 23.8. The van der Waals surface area contributed by atoms with E-state index < -0.39 is 0 Å². The fourth-order valence-corrected chi connectivity index (χ4v) is 4.85. The lowest BCUT2D eigenvalue weighted by Crippen LogP contribution is -2.19. The van der Waals surface area contributed by atoms with E-state index in [1.807, 2.05) is 43.3 Å². The molecule has 0 aliphatic heterocycles. The van der Waals surface area contributed by atoms with E-state index in [4.69, 9.17) is 9.51 Å². The molecule has 0 N–H and O–H groups in total. The first-order valence-electron chi connectivity index (χ1n) is 9.12. The van der Waals surface area contributed by atoms with Crippen molar-refractivity contribution >= 4 is 33.3 Å². The summed E-state index contributed by atoms with van der Waals surface area (Å²) < 4.78 is 6.97. The Morgan fingerprint density at radius 1 is 1.25 bits per heavy atom. The highest BCUT2D eigenvalue weighted by Crippen LogP contribution is 2.35. The first-order chi connectivity index (χ1) is 13.6. The maximum absolute atomic E-state index is 12.9. The summed E-state index contributed by atoms with van der Waals surface area (Å²) in [6, 6.07) is 12.0. The summed E-state index contributed by atoms with van der Waals surface area (Å²) in [5, 5.41) is 5.20. The number of benzene rings is 1. The van der Waals surface area contributed by atoms with Crippen molar-refractivity contribution in [3.63, 3.8) is 0 Å². The third kappa shape index (κ3) is 3.62. The summed E-state index contributed by atoms with van der Waals surface area (Å²) in [5.74, 6) is 1.27. The van der Waals surface area contributed by atoms with Gasteiger partial charge in [-0.3, -0.25) is 9.36 Å². The van der Waals surface area contributed by atoms with E-state index in [2.05, 4.69) is 17.1 Å². The van der Waals surface area contributed by atoms with Gasteiger partial charge < -0.3 is 4.52 Å². The summed E-state index contributed by atoms with van der Waals surface area (Å²) in [7, 11) is 1.75. The zero-order chi connectivity index (χ0) is 19.7. The quantitative estimate of drug-likeness (QED) is 0.333. The molecule has 1 unspecified atom stereocenters. The van der Waals surface area contributed by atoms with Crippen molar-refractivity contribution in [1.29, 1.82) is 0 Å². The maximum Gasteiger partial charge on any atom is 0.262 e. The van der Waals surface area contributed by atoms with Crippen molar-refractivity contribution in [2.75, 3.05) is 0 Å². The first-order valence-corrected chi connectivity index (χ1v) is 10.8. The van der Waals surface area contributed by atoms with Gasteiger partial charge in [0, 0.05) is 18.3 Å². The number of thioether (sulfide) groups is 1. The number of hydrogen-bond acceptors (Lipinski definition) is 7. The topological polar surface area (TPSA) is 73.8 Å². The molecule has 28 heavy (non-hydrogen) atoms. The fourth-order valence-electron chi connectivity index (χ4n) is 2.86. The van der Waals surface area contributed by atoms with E-state index in [-0.39, 0.29) is 10.8 Å². The van der Waals surface area contributed by atoms with E-state index in [9.17, 15) is 4.79 Å². The van der Waals surface area contributed by atoms with Crippen molar-refractivity contribution in [2.24, 2.45) is 7.05 Å². The molecule has 1 atom stereocenters. The van der Waals surface area contributed by atoms with Gasteiger partial charge in [0.15, 0.2) is 11.0 Å². The molecular formula is C20H20N4O2S2. The Bertz CT molecular complexity index is 1160. The Hall–Kier alpha value is -2.45. The van der Waals surface area contributed by atoms with E-state index in [1.165, 1.54) is 23.1 Å². The van der Waals surface area contributed by atoms with Crippen LogP contribution in [0, 0.1) is 0 Å². The SMILES string of the molecule is CCCc1noc(C(C)Sc2nc3sc(-c4ccccc4)cc3c(=O)n2C)n1. The largest absolute Gasteiger partial charge is 0.338 e. The predicted octanol–water partition coefficient (Wildman–Crippen LogP) is 4.85. The van der Waals surface area contributed by atoms with E-state index >= 15 is 0 Å². The number of fused-ring (bicyclic) bond motifs is 1. The summed E-state index contributed by atoms with van der Waals surface area (Å²) in [6.45, 7) is 4.06. The van der Waals surface area contributed by atoms with Gasteiger partial charge in [-0.05, 0) is 25.0 Å². The smallest absolute Gasteiger partial charge is 0.262 e. The second-order valence-corrected chi connectivity index (χ2v) is 8.85. The predicted molar refractivity (Wildman–Crippen MR) is 113 cm³/mol. The second kappa shape index (κ2) is 7.89. The maximum atomic E-state index is 12.9. The highest BCUT2D eigenvalue weighted by molar-refractivity contribution is 7.99. The average Bonchev–Trinajstić information content (AvgIpc) is 3.34. The molecule has 0 fully saturated rings. The van der Waals surface area contributed by atoms with Gasteiger partial charge in [0.25, 0.3) is 5.56 Å². The molecule has 0 spiro atoms. The zero-order valence-electron chi connectivity index (χ0n) is 15.9. The normalized spacial score (nSPS) is 12.5. The molecule has 0 amide bonds. The van der Waals surface area contributed by atoms with Gasteiger partial charge >= 0.3 is 0 Å². The number of thiophene rings is 1. The molecule has 0 aliphatic carbocycles. The molecule has 8 heteroatoms. The van der Waals surface area contributed by atoms with Crippen LogP contribution >= 0.6 is 23.1 Å². The van der Waals surface area contributed by atoms with E-state index in [0.29, 0.717) is 22.3 Å². The Balaban J connectivity index is 1.67. The highest BCUT2D eigenvalue weighted by Gasteiger charge is 2.20. The minimum atomic E-state index is -0.0952. The Labute approximate surface area is 170 Å². The van der Waals surface area contributed by atoms with Crippen LogP contribution in [0.15, 0.2) is 50.9 Å². The fraction of sp³-hybridized carbons (Fsp3) is 0.300. The molecular weight excluding hydrogens is 392 g/mol. The molecule has 144 valence electrons. The van der Waals surface area contributed by atoms with Crippen LogP contribution in [-0.2, 0) is 13.5 Å². The van der Waals surface area contributed by atoms with E-state index in [0.717, 1.165) is 28.1 Å². The Kier molecular flexibility index (Phi) is 5.32. The minimum Gasteiger partial charge on any atom is -0.338 e. The molecule has 6 nitrogen and oxygen atoms in total. The van der Waals surface area contributed by atoms with Crippen molar-refractivity contribution < 1.29 is 4.52 Å². The zero-order valence-corrected chi connectivity index (χ0v) is 17.5. The summed E-state index contributed by atoms with van der Waals surface area (Å²) >= 11 is 2.98. The second-order valence-electron chi connectivity index (χ2n) is 6.51.